The van der Waals surface area contributed by atoms with Crippen LogP contribution in [-0.2, 0) is 13.0 Å². The third-order valence-corrected chi connectivity index (χ3v) is 4.10. The van der Waals surface area contributed by atoms with Crippen LogP contribution >= 0.6 is 11.3 Å². The molecule has 0 aliphatic carbocycles. The van der Waals surface area contributed by atoms with Gasteiger partial charge in [-0.05, 0) is 42.6 Å². The predicted molar refractivity (Wildman–Crippen MR) is 83.6 cm³/mol. The lowest BCUT2D eigenvalue weighted by Gasteiger charge is -2.17. The van der Waals surface area contributed by atoms with Crippen LogP contribution in [0.3, 0.4) is 0 Å². The Kier molecular flexibility index (Phi) is 6.18. The van der Waals surface area contributed by atoms with Gasteiger partial charge in [0, 0.05) is 31.1 Å². The Hall–Kier alpha value is -1.23. The summed E-state index contributed by atoms with van der Waals surface area (Å²) < 4.78 is 12.8. The summed E-state index contributed by atoms with van der Waals surface area (Å²) in [4.78, 5) is 3.67. The molecule has 1 N–H and O–H groups in total. The van der Waals surface area contributed by atoms with Crippen LogP contribution in [0.4, 0.5) is 4.39 Å². The minimum Gasteiger partial charge on any atom is -0.315 e. The van der Waals surface area contributed by atoms with E-state index in [4.69, 9.17) is 0 Å². The zero-order valence-electron chi connectivity index (χ0n) is 11.8. The first kappa shape index (κ1) is 15.2. The quantitative estimate of drug-likeness (QED) is 0.752. The lowest BCUT2D eigenvalue weighted by molar-refractivity contribution is 0.325. The van der Waals surface area contributed by atoms with Gasteiger partial charge in [-0.25, -0.2) is 4.39 Å². The molecule has 0 amide bonds. The number of nitrogens with zero attached hydrogens (tertiary/aromatic N) is 1. The number of hydrogen-bond donors (Lipinski definition) is 1. The molecule has 0 radical (unpaired) electrons. The molecule has 20 heavy (non-hydrogen) atoms. The average molecular weight is 292 g/mol. The summed E-state index contributed by atoms with van der Waals surface area (Å²) in [6, 6.07) is 11.0. The first-order chi connectivity index (χ1) is 9.74. The number of benzene rings is 1. The Bertz CT molecular complexity index is 482. The standard InChI is InChI=1S/C16H21FN2S/c1-19(13-14-4-6-15(17)7-5-14)11-10-18-9-8-16-3-2-12-20-16/h2-7,12,18H,8-11,13H2,1H3. The van der Waals surface area contributed by atoms with E-state index in [2.05, 4.69) is 34.8 Å². The molecule has 0 aliphatic rings. The van der Waals surface area contributed by atoms with Crippen LogP contribution in [0.2, 0.25) is 0 Å². The first-order valence-electron chi connectivity index (χ1n) is 6.90. The van der Waals surface area contributed by atoms with E-state index in [0.717, 1.165) is 38.2 Å². The minimum absolute atomic E-state index is 0.174. The Balaban J connectivity index is 1.58. The van der Waals surface area contributed by atoms with Gasteiger partial charge in [-0.15, -0.1) is 11.3 Å². The van der Waals surface area contributed by atoms with Crippen molar-refractivity contribution in [2.24, 2.45) is 0 Å². The van der Waals surface area contributed by atoms with Gasteiger partial charge in [0.25, 0.3) is 0 Å². The Morgan fingerprint density at radius 2 is 1.95 bits per heavy atom. The minimum atomic E-state index is -0.174. The fourth-order valence-electron chi connectivity index (χ4n) is 2.04. The van der Waals surface area contributed by atoms with Crippen LogP contribution in [0.5, 0.6) is 0 Å². The molecule has 0 aliphatic heterocycles. The van der Waals surface area contributed by atoms with Gasteiger partial charge in [-0.1, -0.05) is 18.2 Å². The molecule has 0 fully saturated rings. The zero-order chi connectivity index (χ0) is 14.2. The average Bonchev–Trinajstić information content (AvgIpc) is 2.94. The van der Waals surface area contributed by atoms with Crippen molar-refractivity contribution in [1.29, 1.82) is 0 Å². The predicted octanol–water partition coefficient (Wildman–Crippen LogP) is 3.15. The number of hydrogen-bond acceptors (Lipinski definition) is 3. The second-order valence-corrected chi connectivity index (χ2v) is 5.98. The van der Waals surface area contributed by atoms with E-state index in [0.29, 0.717) is 0 Å². The fourth-order valence-corrected chi connectivity index (χ4v) is 2.75. The molecule has 2 rings (SSSR count). The van der Waals surface area contributed by atoms with Gasteiger partial charge in [0.05, 0.1) is 0 Å². The SMILES string of the molecule is CN(CCNCCc1cccs1)Cc1ccc(F)cc1. The van der Waals surface area contributed by atoms with Crippen LogP contribution in [-0.4, -0.2) is 31.6 Å². The molecular formula is C16H21FN2S. The summed E-state index contributed by atoms with van der Waals surface area (Å²) in [5.74, 6) is -0.174. The molecule has 0 saturated heterocycles. The molecule has 0 saturated carbocycles. The van der Waals surface area contributed by atoms with Crippen LogP contribution in [0.25, 0.3) is 0 Å². The number of rotatable bonds is 8. The molecule has 0 atom stereocenters. The highest BCUT2D eigenvalue weighted by Crippen LogP contribution is 2.08. The van der Waals surface area contributed by atoms with Gasteiger partial charge in [-0.3, -0.25) is 0 Å². The van der Waals surface area contributed by atoms with Crippen molar-refractivity contribution >= 4 is 11.3 Å². The fraction of sp³-hybridized carbons (Fsp3) is 0.375. The molecule has 2 nitrogen and oxygen atoms in total. The molecular weight excluding hydrogens is 271 g/mol. The molecule has 0 bridgehead atoms. The van der Waals surface area contributed by atoms with Crippen LogP contribution in [0.15, 0.2) is 41.8 Å². The zero-order valence-corrected chi connectivity index (χ0v) is 12.6. The second-order valence-electron chi connectivity index (χ2n) is 4.94. The Labute approximate surface area is 124 Å². The monoisotopic (exact) mass is 292 g/mol. The number of thiophene rings is 1. The van der Waals surface area contributed by atoms with Crippen LogP contribution in [0.1, 0.15) is 10.4 Å². The van der Waals surface area contributed by atoms with Gasteiger partial charge in [0.15, 0.2) is 0 Å². The molecule has 0 unspecified atom stereocenters. The number of likely N-dealkylation sites (N-methyl/N-ethyl adjacent to an activating group) is 1. The third kappa shape index (κ3) is 5.41. The summed E-state index contributed by atoms with van der Waals surface area (Å²) in [6.45, 7) is 3.84. The number of halogens is 1. The van der Waals surface area contributed by atoms with E-state index in [1.165, 1.54) is 17.0 Å². The third-order valence-electron chi connectivity index (χ3n) is 3.16. The number of nitrogens with one attached hydrogen (secondary N) is 1. The maximum atomic E-state index is 12.8. The largest absolute Gasteiger partial charge is 0.315 e. The van der Waals surface area contributed by atoms with Gasteiger partial charge in [-0.2, -0.15) is 0 Å². The normalized spacial score (nSPS) is 11.2. The topological polar surface area (TPSA) is 15.3 Å². The van der Waals surface area contributed by atoms with Crippen molar-refractivity contribution in [2.45, 2.75) is 13.0 Å². The van der Waals surface area contributed by atoms with Crippen molar-refractivity contribution in [2.75, 3.05) is 26.7 Å². The van der Waals surface area contributed by atoms with E-state index in [1.54, 1.807) is 0 Å². The maximum absolute atomic E-state index is 12.8. The maximum Gasteiger partial charge on any atom is 0.123 e. The molecule has 1 heterocycles. The van der Waals surface area contributed by atoms with E-state index in [-0.39, 0.29) is 5.82 Å². The van der Waals surface area contributed by atoms with Crippen molar-refractivity contribution in [3.8, 4) is 0 Å². The molecule has 4 heteroatoms. The van der Waals surface area contributed by atoms with E-state index in [1.807, 2.05) is 23.5 Å². The summed E-state index contributed by atoms with van der Waals surface area (Å²) in [5.41, 5.74) is 1.15. The van der Waals surface area contributed by atoms with Gasteiger partial charge >= 0.3 is 0 Å². The van der Waals surface area contributed by atoms with Gasteiger partial charge < -0.3 is 10.2 Å². The Morgan fingerprint density at radius 1 is 1.15 bits per heavy atom. The van der Waals surface area contributed by atoms with Gasteiger partial charge in [0.1, 0.15) is 5.82 Å². The van der Waals surface area contributed by atoms with Crippen molar-refractivity contribution in [1.82, 2.24) is 10.2 Å². The smallest absolute Gasteiger partial charge is 0.123 e. The Morgan fingerprint density at radius 3 is 2.65 bits per heavy atom. The lowest BCUT2D eigenvalue weighted by atomic mass is 10.2. The molecule has 108 valence electrons. The van der Waals surface area contributed by atoms with Gasteiger partial charge in [0.2, 0.25) is 0 Å². The molecule has 1 aromatic heterocycles. The van der Waals surface area contributed by atoms with Crippen LogP contribution < -0.4 is 5.32 Å². The highest BCUT2D eigenvalue weighted by molar-refractivity contribution is 7.09. The highest BCUT2D eigenvalue weighted by atomic mass is 32.1. The lowest BCUT2D eigenvalue weighted by Crippen LogP contribution is -2.30. The molecule has 1 aromatic carbocycles. The molecule has 0 spiro atoms. The van der Waals surface area contributed by atoms with Crippen molar-refractivity contribution < 1.29 is 4.39 Å². The summed E-state index contributed by atoms with van der Waals surface area (Å²) in [5, 5.41) is 5.57. The van der Waals surface area contributed by atoms with Crippen molar-refractivity contribution in [3.63, 3.8) is 0 Å². The van der Waals surface area contributed by atoms with E-state index in [9.17, 15) is 4.39 Å². The second kappa shape index (κ2) is 8.15. The summed E-state index contributed by atoms with van der Waals surface area (Å²) in [7, 11) is 2.09. The highest BCUT2D eigenvalue weighted by Gasteiger charge is 2.00. The molecule has 2 aromatic rings. The first-order valence-corrected chi connectivity index (χ1v) is 7.78. The summed E-state index contributed by atoms with van der Waals surface area (Å²) in [6.07, 6.45) is 1.10. The summed E-state index contributed by atoms with van der Waals surface area (Å²) >= 11 is 1.81. The van der Waals surface area contributed by atoms with Crippen molar-refractivity contribution in [3.05, 3.63) is 58.0 Å². The van der Waals surface area contributed by atoms with E-state index >= 15 is 0 Å². The van der Waals surface area contributed by atoms with Crippen LogP contribution in [0, 0.1) is 5.82 Å². The van der Waals surface area contributed by atoms with E-state index < -0.39 is 0 Å².